The molecule has 0 spiro atoms. The lowest BCUT2D eigenvalue weighted by molar-refractivity contribution is -0.148. The van der Waals surface area contributed by atoms with Gasteiger partial charge in [-0.3, -0.25) is 0 Å². The van der Waals surface area contributed by atoms with E-state index in [0.29, 0.717) is 17.1 Å². The molecule has 0 unspecified atom stereocenters. The van der Waals surface area contributed by atoms with Crippen LogP contribution in [0.15, 0.2) is 49.0 Å². The highest BCUT2D eigenvalue weighted by molar-refractivity contribution is 8.03. The molecule has 0 aliphatic carbocycles. The first-order valence-electron chi connectivity index (χ1n) is 6.14. The van der Waals surface area contributed by atoms with Gasteiger partial charge < -0.3 is 13.9 Å². The standard InChI is InChI=1S/C14H7F3O5S/c1-20-11(18)8(14(15,16)17)13-22-9-6-4-2-3-5-7(6)21-12(19)10(9)23-13/h2-5H,1H3. The number of benzene rings is 1. The third-order valence-electron chi connectivity index (χ3n) is 2.99. The van der Waals surface area contributed by atoms with E-state index in [1.165, 1.54) is 12.1 Å². The van der Waals surface area contributed by atoms with Crippen molar-refractivity contribution in [1.29, 1.82) is 0 Å². The summed E-state index contributed by atoms with van der Waals surface area (Å²) in [6.07, 6.45) is -4.99. The number of rotatable bonds is 1. The zero-order chi connectivity index (χ0) is 16.8. The zero-order valence-corrected chi connectivity index (χ0v) is 12.2. The Balaban J connectivity index is 2.23. The molecule has 0 saturated heterocycles. The molecule has 1 aliphatic rings. The minimum Gasteiger partial charge on any atom is -0.465 e. The van der Waals surface area contributed by atoms with Crippen LogP contribution in [0.5, 0.6) is 5.75 Å². The van der Waals surface area contributed by atoms with Crippen LogP contribution < -0.4 is 10.4 Å². The van der Waals surface area contributed by atoms with Crippen molar-refractivity contribution in [1.82, 2.24) is 0 Å². The Morgan fingerprint density at radius 3 is 2.61 bits per heavy atom. The number of ether oxygens (including phenoxy) is 2. The highest BCUT2D eigenvalue weighted by Crippen LogP contribution is 2.48. The third kappa shape index (κ3) is 2.56. The number of para-hydroxylation sites is 1. The summed E-state index contributed by atoms with van der Waals surface area (Å²) in [5, 5.41) is -0.431. The molecule has 1 aliphatic heterocycles. The largest absolute Gasteiger partial charge is 0.465 e. The monoisotopic (exact) mass is 344 g/mol. The lowest BCUT2D eigenvalue weighted by Gasteiger charge is -2.11. The number of thioether (sulfide) groups is 1. The van der Waals surface area contributed by atoms with Crippen molar-refractivity contribution in [2.45, 2.75) is 11.1 Å². The van der Waals surface area contributed by atoms with Crippen molar-refractivity contribution in [3.05, 3.63) is 45.3 Å². The van der Waals surface area contributed by atoms with E-state index in [9.17, 15) is 22.8 Å². The average Bonchev–Trinajstić information content (AvgIpc) is 2.91. The van der Waals surface area contributed by atoms with Crippen molar-refractivity contribution in [2.75, 3.05) is 7.11 Å². The van der Waals surface area contributed by atoms with Gasteiger partial charge in [0.2, 0.25) is 0 Å². The van der Waals surface area contributed by atoms with Crippen LogP contribution in [0.1, 0.15) is 0 Å². The molecular weight excluding hydrogens is 337 g/mol. The summed E-state index contributed by atoms with van der Waals surface area (Å²) in [6, 6.07) is 6.24. The number of halogens is 3. The summed E-state index contributed by atoms with van der Waals surface area (Å²) in [6.45, 7) is 0. The van der Waals surface area contributed by atoms with Gasteiger partial charge in [0.15, 0.2) is 16.4 Å². The van der Waals surface area contributed by atoms with Crippen LogP contribution in [0.4, 0.5) is 13.2 Å². The van der Waals surface area contributed by atoms with Gasteiger partial charge in [0.05, 0.1) is 12.5 Å². The zero-order valence-electron chi connectivity index (χ0n) is 11.4. The Morgan fingerprint density at radius 2 is 1.96 bits per heavy atom. The van der Waals surface area contributed by atoms with E-state index >= 15 is 0 Å². The molecule has 1 aromatic heterocycles. The van der Waals surface area contributed by atoms with Crippen molar-refractivity contribution in [2.24, 2.45) is 0 Å². The first-order valence-corrected chi connectivity index (χ1v) is 6.96. The van der Waals surface area contributed by atoms with E-state index in [2.05, 4.69) is 4.74 Å². The van der Waals surface area contributed by atoms with Crippen LogP contribution in [-0.4, -0.2) is 19.3 Å². The SMILES string of the molecule is COC(=O)C(=C1Oc2c(c(=O)oc3ccccc23)S1)C(F)(F)F. The summed E-state index contributed by atoms with van der Waals surface area (Å²) < 4.78 is 53.6. The van der Waals surface area contributed by atoms with Crippen molar-refractivity contribution in [3.63, 3.8) is 0 Å². The molecule has 120 valence electrons. The van der Waals surface area contributed by atoms with Gasteiger partial charge in [0.1, 0.15) is 10.5 Å². The highest BCUT2D eigenvalue weighted by atomic mass is 32.2. The first kappa shape index (κ1) is 15.5. The Hall–Kier alpha value is -2.42. The van der Waals surface area contributed by atoms with E-state index in [-0.39, 0.29) is 16.2 Å². The number of methoxy groups -OCH3 is 1. The molecular formula is C14H7F3O5S. The van der Waals surface area contributed by atoms with Crippen molar-refractivity contribution in [3.8, 4) is 5.75 Å². The van der Waals surface area contributed by atoms with Gasteiger partial charge in [-0.25, -0.2) is 9.59 Å². The molecule has 0 N–H and O–H groups in total. The molecule has 0 atom stereocenters. The van der Waals surface area contributed by atoms with Gasteiger partial charge in [-0.15, -0.1) is 0 Å². The van der Waals surface area contributed by atoms with Gasteiger partial charge in [0.25, 0.3) is 0 Å². The summed E-state index contributed by atoms with van der Waals surface area (Å²) >= 11 is 0.387. The lowest BCUT2D eigenvalue weighted by Crippen LogP contribution is -2.23. The Morgan fingerprint density at radius 1 is 1.26 bits per heavy atom. The Labute approximate surface area is 130 Å². The highest BCUT2D eigenvalue weighted by Gasteiger charge is 2.46. The lowest BCUT2D eigenvalue weighted by atomic mass is 10.2. The molecule has 0 amide bonds. The van der Waals surface area contributed by atoms with E-state index in [0.717, 1.165) is 7.11 Å². The van der Waals surface area contributed by atoms with Crippen LogP contribution >= 0.6 is 11.8 Å². The molecule has 1 aromatic carbocycles. The van der Waals surface area contributed by atoms with Crippen LogP contribution in [0.3, 0.4) is 0 Å². The fourth-order valence-corrected chi connectivity index (χ4v) is 3.00. The van der Waals surface area contributed by atoms with E-state index in [4.69, 9.17) is 9.15 Å². The maximum Gasteiger partial charge on any atom is 0.427 e. The van der Waals surface area contributed by atoms with E-state index in [1.807, 2.05) is 0 Å². The second-order valence-electron chi connectivity index (χ2n) is 4.40. The summed E-state index contributed by atoms with van der Waals surface area (Å²) in [7, 11) is 0.825. The minimum absolute atomic E-state index is 0.0671. The normalized spacial score (nSPS) is 16.0. The van der Waals surface area contributed by atoms with E-state index < -0.39 is 28.4 Å². The molecule has 9 heteroatoms. The second-order valence-corrected chi connectivity index (χ2v) is 5.38. The number of carbonyl (C=O) groups is 1. The van der Waals surface area contributed by atoms with Gasteiger partial charge >= 0.3 is 17.8 Å². The maximum atomic E-state index is 13.1. The fraction of sp³-hybridized carbons (Fsp3) is 0.143. The molecule has 2 heterocycles. The molecule has 0 bridgehead atoms. The van der Waals surface area contributed by atoms with Gasteiger partial charge in [-0.1, -0.05) is 12.1 Å². The summed E-state index contributed by atoms with van der Waals surface area (Å²) in [5.41, 5.74) is -2.28. The number of fused-ring (bicyclic) bond motifs is 3. The molecule has 0 saturated carbocycles. The smallest absolute Gasteiger partial charge is 0.427 e. The Bertz CT molecular complexity index is 897. The number of hydrogen-bond donors (Lipinski definition) is 0. The van der Waals surface area contributed by atoms with Gasteiger partial charge in [-0.05, 0) is 23.9 Å². The van der Waals surface area contributed by atoms with Crippen LogP contribution in [0.2, 0.25) is 0 Å². The third-order valence-corrected chi connectivity index (χ3v) is 4.02. The molecule has 0 fully saturated rings. The Kier molecular flexibility index (Phi) is 3.59. The summed E-state index contributed by atoms with van der Waals surface area (Å²) in [5.74, 6) is -1.66. The van der Waals surface area contributed by atoms with Crippen LogP contribution in [0.25, 0.3) is 11.0 Å². The molecule has 5 nitrogen and oxygen atoms in total. The number of alkyl halides is 3. The second kappa shape index (κ2) is 5.34. The molecule has 0 radical (unpaired) electrons. The molecule has 23 heavy (non-hydrogen) atoms. The first-order chi connectivity index (χ1) is 10.8. The predicted molar refractivity (Wildman–Crippen MR) is 74.1 cm³/mol. The molecule has 3 rings (SSSR count). The fourth-order valence-electron chi connectivity index (χ4n) is 2.02. The van der Waals surface area contributed by atoms with Gasteiger partial charge in [-0.2, -0.15) is 13.2 Å². The van der Waals surface area contributed by atoms with Gasteiger partial charge in [0, 0.05) is 0 Å². The molecule has 2 aromatic rings. The average molecular weight is 344 g/mol. The summed E-state index contributed by atoms with van der Waals surface area (Å²) in [4.78, 5) is 23.2. The van der Waals surface area contributed by atoms with E-state index in [1.54, 1.807) is 12.1 Å². The number of hydrogen-bond acceptors (Lipinski definition) is 6. The maximum absolute atomic E-state index is 13.1. The quantitative estimate of drug-likeness (QED) is 0.450. The topological polar surface area (TPSA) is 65.7 Å². The van der Waals surface area contributed by atoms with Crippen LogP contribution in [0, 0.1) is 0 Å². The van der Waals surface area contributed by atoms with Crippen molar-refractivity contribution < 1.29 is 31.9 Å². The predicted octanol–water partition coefficient (Wildman–Crippen LogP) is 3.22. The van der Waals surface area contributed by atoms with Crippen molar-refractivity contribution >= 4 is 28.7 Å². The number of esters is 1. The van der Waals surface area contributed by atoms with Crippen LogP contribution in [-0.2, 0) is 9.53 Å². The number of carbonyl (C=O) groups excluding carboxylic acids is 1. The minimum atomic E-state index is -4.99.